The third-order valence-corrected chi connectivity index (χ3v) is 5.56. The summed E-state index contributed by atoms with van der Waals surface area (Å²) in [6.07, 6.45) is 3.38. The van der Waals surface area contributed by atoms with Crippen LogP contribution in [0.25, 0.3) is 0 Å². The van der Waals surface area contributed by atoms with Gasteiger partial charge in [-0.1, -0.05) is 30.3 Å². The van der Waals surface area contributed by atoms with Crippen LogP contribution in [0.4, 0.5) is 0 Å². The number of hydrogen-bond donors (Lipinski definition) is 2. The molecule has 0 aliphatic carbocycles. The molecule has 4 rings (SSSR count). The number of carbonyl (C=O) groups is 2. The topological polar surface area (TPSA) is 92.7 Å². The zero-order chi connectivity index (χ0) is 20.9. The molecule has 156 valence electrons. The Morgan fingerprint density at radius 3 is 2.73 bits per heavy atom. The number of aromatic nitrogens is 1. The highest BCUT2D eigenvalue weighted by atomic mass is 16.5. The van der Waals surface area contributed by atoms with Crippen molar-refractivity contribution >= 4 is 17.6 Å². The summed E-state index contributed by atoms with van der Waals surface area (Å²) in [6, 6.07) is 11.7. The van der Waals surface area contributed by atoms with Crippen LogP contribution in [0, 0.1) is 5.92 Å². The van der Waals surface area contributed by atoms with Crippen molar-refractivity contribution in [3.8, 4) is 0 Å². The monoisotopic (exact) mass is 406 g/mol. The molecule has 1 aromatic carbocycles. The Balaban J connectivity index is 1.34. The van der Waals surface area contributed by atoms with Gasteiger partial charge in [-0.3, -0.25) is 19.6 Å². The lowest BCUT2D eigenvalue weighted by molar-refractivity contribution is -0.126. The van der Waals surface area contributed by atoms with E-state index in [1.807, 2.05) is 43.3 Å². The van der Waals surface area contributed by atoms with Gasteiger partial charge in [-0.05, 0) is 37.0 Å². The number of amides is 2. The lowest BCUT2D eigenvalue weighted by Gasteiger charge is -2.21. The molecule has 7 nitrogen and oxygen atoms in total. The highest BCUT2D eigenvalue weighted by Crippen LogP contribution is 2.20. The SMILES string of the molecule is C[C@@H](NC(=O)Cc1cc2c(cn1)C(NC(=O)C1CCOCC1)=NC2)c1ccccc1. The maximum Gasteiger partial charge on any atom is 0.228 e. The minimum Gasteiger partial charge on any atom is -0.381 e. The molecule has 0 saturated carbocycles. The fraction of sp³-hybridized carbons (Fsp3) is 0.391. The first-order valence-corrected chi connectivity index (χ1v) is 10.4. The van der Waals surface area contributed by atoms with E-state index in [0.29, 0.717) is 31.3 Å². The van der Waals surface area contributed by atoms with E-state index in [1.165, 1.54) is 0 Å². The summed E-state index contributed by atoms with van der Waals surface area (Å²) in [5.74, 6) is 0.449. The van der Waals surface area contributed by atoms with Gasteiger partial charge in [0.2, 0.25) is 11.8 Å². The summed E-state index contributed by atoms with van der Waals surface area (Å²) in [7, 11) is 0. The van der Waals surface area contributed by atoms with Crippen molar-refractivity contribution in [1.29, 1.82) is 0 Å². The summed E-state index contributed by atoms with van der Waals surface area (Å²) in [4.78, 5) is 33.8. The van der Waals surface area contributed by atoms with Crippen LogP contribution in [0.15, 0.2) is 47.6 Å². The summed E-state index contributed by atoms with van der Waals surface area (Å²) in [6.45, 7) is 3.69. The molecule has 7 heteroatoms. The Morgan fingerprint density at radius 2 is 1.97 bits per heavy atom. The molecule has 2 aromatic rings. The van der Waals surface area contributed by atoms with Crippen molar-refractivity contribution in [3.05, 3.63) is 65.0 Å². The predicted octanol–water partition coefficient (Wildman–Crippen LogP) is 2.30. The van der Waals surface area contributed by atoms with Crippen molar-refractivity contribution in [3.63, 3.8) is 0 Å². The first-order chi connectivity index (χ1) is 14.6. The van der Waals surface area contributed by atoms with Gasteiger partial charge in [0, 0.05) is 30.9 Å². The lowest BCUT2D eigenvalue weighted by Crippen LogP contribution is -2.38. The summed E-state index contributed by atoms with van der Waals surface area (Å²) >= 11 is 0. The van der Waals surface area contributed by atoms with Crippen molar-refractivity contribution in [1.82, 2.24) is 15.6 Å². The Morgan fingerprint density at radius 1 is 1.20 bits per heavy atom. The first kappa shape index (κ1) is 20.2. The van der Waals surface area contributed by atoms with E-state index >= 15 is 0 Å². The number of carbonyl (C=O) groups excluding carboxylic acids is 2. The van der Waals surface area contributed by atoms with Crippen LogP contribution in [-0.2, 0) is 27.3 Å². The second kappa shape index (κ2) is 9.17. The Hall–Kier alpha value is -3.06. The number of hydrogen-bond acceptors (Lipinski definition) is 5. The van der Waals surface area contributed by atoms with Gasteiger partial charge in [0.25, 0.3) is 0 Å². The number of nitrogens with one attached hydrogen (secondary N) is 2. The molecule has 2 amide bonds. The molecular weight excluding hydrogens is 380 g/mol. The normalized spacial score (nSPS) is 17.0. The van der Waals surface area contributed by atoms with Gasteiger partial charge in [-0.2, -0.15) is 0 Å². The van der Waals surface area contributed by atoms with Gasteiger partial charge in [0.1, 0.15) is 5.84 Å². The first-order valence-electron chi connectivity index (χ1n) is 10.4. The molecule has 1 aromatic heterocycles. The molecule has 0 bridgehead atoms. The minimum absolute atomic E-state index is 0.0109. The van der Waals surface area contributed by atoms with E-state index in [0.717, 1.165) is 29.5 Å². The fourth-order valence-corrected chi connectivity index (χ4v) is 3.80. The van der Waals surface area contributed by atoms with Crippen LogP contribution in [0.2, 0.25) is 0 Å². The highest BCUT2D eigenvalue weighted by Gasteiger charge is 2.25. The zero-order valence-electron chi connectivity index (χ0n) is 17.1. The molecule has 0 radical (unpaired) electrons. The Labute approximate surface area is 176 Å². The van der Waals surface area contributed by atoms with E-state index in [9.17, 15) is 9.59 Å². The minimum atomic E-state index is -0.0780. The molecule has 1 fully saturated rings. The number of pyridine rings is 1. The largest absolute Gasteiger partial charge is 0.381 e. The van der Waals surface area contributed by atoms with E-state index in [2.05, 4.69) is 20.6 Å². The number of benzene rings is 1. The van der Waals surface area contributed by atoms with Gasteiger partial charge in [0.05, 0.1) is 24.7 Å². The van der Waals surface area contributed by atoms with Gasteiger partial charge in [0.15, 0.2) is 0 Å². The average Bonchev–Trinajstić information content (AvgIpc) is 3.16. The number of nitrogens with zero attached hydrogens (tertiary/aromatic N) is 2. The number of aliphatic imine (C=N–C) groups is 1. The zero-order valence-corrected chi connectivity index (χ0v) is 17.1. The van der Waals surface area contributed by atoms with E-state index < -0.39 is 0 Å². The van der Waals surface area contributed by atoms with Crippen molar-refractivity contribution in [2.24, 2.45) is 10.9 Å². The number of rotatable bonds is 5. The quantitative estimate of drug-likeness (QED) is 0.797. The predicted molar refractivity (Wildman–Crippen MR) is 113 cm³/mol. The molecule has 0 unspecified atom stereocenters. The third kappa shape index (κ3) is 4.74. The molecular formula is C23H26N4O3. The fourth-order valence-electron chi connectivity index (χ4n) is 3.80. The van der Waals surface area contributed by atoms with E-state index in [-0.39, 0.29) is 30.2 Å². The van der Waals surface area contributed by atoms with Gasteiger partial charge < -0.3 is 15.4 Å². The smallest absolute Gasteiger partial charge is 0.228 e. The molecule has 30 heavy (non-hydrogen) atoms. The van der Waals surface area contributed by atoms with E-state index in [4.69, 9.17) is 4.74 Å². The maximum atomic E-state index is 12.5. The highest BCUT2D eigenvalue weighted by molar-refractivity contribution is 6.10. The standard InChI is InChI=1S/C23H26N4O3/c1-15(16-5-3-2-4-6-16)26-21(28)12-19-11-18-13-25-22(20(18)14-24-19)27-23(29)17-7-9-30-10-8-17/h2-6,11,14-15,17H,7-10,12-13H2,1H3,(H,26,28)(H,25,27,29)/t15-/m1/s1. The van der Waals surface area contributed by atoms with Crippen LogP contribution in [0.3, 0.4) is 0 Å². The Kier molecular flexibility index (Phi) is 6.18. The third-order valence-electron chi connectivity index (χ3n) is 5.56. The van der Waals surface area contributed by atoms with E-state index in [1.54, 1.807) is 6.20 Å². The summed E-state index contributed by atoms with van der Waals surface area (Å²) < 4.78 is 5.32. The lowest BCUT2D eigenvalue weighted by atomic mass is 9.99. The van der Waals surface area contributed by atoms with Crippen molar-refractivity contribution in [2.45, 2.75) is 38.8 Å². The number of fused-ring (bicyclic) bond motifs is 1. The Bertz CT molecular complexity index is 952. The molecule has 3 heterocycles. The van der Waals surface area contributed by atoms with Crippen LogP contribution < -0.4 is 10.6 Å². The van der Waals surface area contributed by atoms with Crippen LogP contribution in [-0.4, -0.2) is 35.8 Å². The van der Waals surface area contributed by atoms with Gasteiger partial charge in [-0.25, -0.2) is 0 Å². The average molecular weight is 406 g/mol. The van der Waals surface area contributed by atoms with Crippen molar-refractivity contribution in [2.75, 3.05) is 13.2 Å². The summed E-state index contributed by atoms with van der Waals surface area (Å²) in [5, 5.41) is 5.95. The van der Waals surface area contributed by atoms with Crippen LogP contribution in [0.1, 0.15) is 48.2 Å². The summed E-state index contributed by atoms with van der Waals surface area (Å²) in [5.41, 5.74) is 3.56. The number of amidine groups is 1. The molecule has 0 spiro atoms. The molecule has 1 saturated heterocycles. The molecule has 2 aliphatic rings. The second-order valence-electron chi connectivity index (χ2n) is 7.75. The second-order valence-corrected chi connectivity index (χ2v) is 7.75. The van der Waals surface area contributed by atoms with Crippen LogP contribution in [0.5, 0.6) is 0 Å². The van der Waals surface area contributed by atoms with Crippen molar-refractivity contribution < 1.29 is 14.3 Å². The van der Waals surface area contributed by atoms with Gasteiger partial charge >= 0.3 is 0 Å². The van der Waals surface area contributed by atoms with Gasteiger partial charge in [-0.15, -0.1) is 0 Å². The van der Waals surface area contributed by atoms with Crippen LogP contribution >= 0.6 is 0 Å². The maximum absolute atomic E-state index is 12.5. The molecule has 1 atom stereocenters. The number of ether oxygens (including phenoxy) is 1. The molecule has 2 aliphatic heterocycles. The molecule has 2 N–H and O–H groups in total.